The smallest absolute Gasteiger partial charge is 0.424 e. The quantitative estimate of drug-likeness (QED) is 0.655. The number of carbonyl (C=O) groups is 1. The second kappa shape index (κ2) is 8.23. The molecule has 2 heterocycles. The van der Waals surface area contributed by atoms with Gasteiger partial charge in [-0.3, -0.25) is 0 Å². The molecule has 32 heavy (non-hydrogen) atoms. The molecular formula is C22H24F4N2O4. The Balaban J connectivity index is 2.07. The minimum absolute atomic E-state index is 0.0433. The first-order valence-corrected chi connectivity index (χ1v) is 9.91. The molecule has 0 bridgehead atoms. The van der Waals surface area contributed by atoms with E-state index < -0.39 is 41.5 Å². The number of hydrogen-bond acceptors (Lipinski definition) is 5. The number of nitrogens with one attached hydrogen (secondary N) is 1. The summed E-state index contributed by atoms with van der Waals surface area (Å²) < 4.78 is 66.1. The van der Waals surface area contributed by atoms with Crippen LogP contribution < -0.4 is 10.1 Å². The van der Waals surface area contributed by atoms with E-state index in [9.17, 15) is 27.5 Å². The number of hydrogen-bond donors (Lipinski definition) is 2. The van der Waals surface area contributed by atoms with Crippen molar-refractivity contribution >= 4 is 6.09 Å². The highest BCUT2D eigenvalue weighted by Gasteiger charge is 2.57. The zero-order valence-electron chi connectivity index (χ0n) is 18.0. The van der Waals surface area contributed by atoms with Gasteiger partial charge in [-0.05, 0) is 51.1 Å². The Kier molecular flexibility index (Phi) is 6.12. The topological polar surface area (TPSA) is 80.7 Å². The highest BCUT2D eigenvalue weighted by atomic mass is 19.4. The van der Waals surface area contributed by atoms with Crippen LogP contribution in [0.2, 0.25) is 0 Å². The second-order valence-corrected chi connectivity index (χ2v) is 8.71. The van der Waals surface area contributed by atoms with E-state index >= 15 is 0 Å². The third kappa shape index (κ3) is 4.79. The first-order chi connectivity index (χ1) is 14.7. The summed E-state index contributed by atoms with van der Waals surface area (Å²) >= 11 is 0. The van der Waals surface area contributed by atoms with E-state index in [4.69, 9.17) is 9.47 Å². The fourth-order valence-corrected chi connectivity index (χ4v) is 3.23. The first-order valence-electron chi connectivity index (χ1n) is 9.91. The monoisotopic (exact) mass is 456 g/mol. The summed E-state index contributed by atoms with van der Waals surface area (Å²) in [6.07, 6.45) is -6.29. The lowest BCUT2D eigenvalue weighted by Gasteiger charge is -2.31. The van der Waals surface area contributed by atoms with Crippen LogP contribution in [0, 0.1) is 5.82 Å². The van der Waals surface area contributed by atoms with Gasteiger partial charge < -0.3 is 19.9 Å². The Morgan fingerprint density at radius 1 is 1.25 bits per heavy atom. The van der Waals surface area contributed by atoms with Gasteiger partial charge in [-0.1, -0.05) is 6.92 Å². The van der Waals surface area contributed by atoms with Crippen LogP contribution in [-0.4, -0.2) is 41.1 Å². The average Bonchev–Trinajstić information content (AvgIpc) is 3.05. The number of rotatable bonds is 4. The number of pyridine rings is 1. The summed E-state index contributed by atoms with van der Waals surface area (Å²) in [4.78, 5) is 16.0. The van der Waals surface area contributed by atoms with E-state index in [-0.39, 0.29) is 24.0 Å². The maximum Gasteiger partial charge on any atom is 0.424 e. The second-order valence-electron chi connectivity index (χ2n) is 8.71. The van der Waals surface area contributed by atoms with Crippen LogP contribution >= 0.6 is 0 Å². The number of aromatic nitrogens is 1. The van der Waals surface area contributed by atoms with Gasteiger partial charge in [-0.25, -0.2) is 14.2 Å². The van der Waals surface area contributed by atoms with E-state index in [1.54, 1.807) is 27.7 Å². The molecular weight excluding hydrogens is 432 g/mol. The molecule has 0 radical (unpaired) electrons. The van der Waals surface area contributed by atoms with Crippen LogP contribution in [-0.2, 0) is 10.3 Å². The summed E-state index contributed by atoms with van der Waals surface area (Å²) in [5.74, 6) is -0.510. The van der Waals surface area contributed by atoms with Crippen molar-refractivity contribution in [3.8, 4) is 17.0 Å². The van der Waals surface area contributed by atoms with Crippen LogP contribution in [0.5, 0.6) is 5.75 Å². The Morgan fingerprint density at radius 2 is 1.88 bits per heavy atom. The lowest BCUT2D eigenvalue weighted by molar-refractivity contribution is -0.265. The Bertz CT molecular complexity index is 1000. The van der Waals surface area contributed by atoms with Gasteiger partial charge in [0.05, 0.1) is 18.8 Å². The summed E-state index contributed by atoms with van der Waals surface area (Å²) in [7, 11) is 0. The molecule has 1 amide bonds. The molecule has 1 aliphatic heterocycles. The molecule has 2 N–H and O–H groups in total. The van der Waals surface area contributed by atoms with Crippen LogP contribution in [0.4, 0.5) is 22.4 Å². The minimum atomic E-state index is -5.17. The standard InChI is InChI=1S/C22H24F4N2O4/c1-12-10-31-18-15(12)9-16(28-17(18)13-5-7-14(23)8-6-13)21(30,22(24,25)26)11-27-19(29)32-20(2,3)4/h5-9,12,30H,10-11H2,1-4H3,(H,27,29)/t12?,21-/m0/s1. The highest BCUT2D eigenvalue weighted by molar-refractivity contribution is 5.70. The highest BCUT2D eigenvalue weighted by Crippen LogP contribution is 2.45. The number of nitrogens with zero attached hydrogens (tertiary/aromatic N) is 1. The number of carbonyl (C=O) groups excluding carboxylic acids is 1. The number of aliphatic hydroxyl groups is 1. The molecule has 0 saturated heterocycles. The normalized spacial score (nSPS) is 17.8. The van der Waals surface area contributed by atoms with Gasteiger partial charge in [0, 0.05) is 17.0 Å². The van der Waals surface area contributed by atoms with Gasteiger partial charge in [-0.2, -0.15) is 13.2 Å². The Morgan fingerprint density at radius 3 is 2.44 bits per heavy atom. The van der Waals surface area contributed by atoms with Gasteiger partial charge in [0.1, 0.15) is 22.9 Å². The van der Waals surface area contributed by atoms with Crippen LogP contribution in [0.15, 0.2) is 30.3 Å². The van der Waals surface area contributed by atoms with Crippen molar-refractivity contribution < 1.29 is 36.9 Å². The van der Waals surface area contributed by atoms with E-state index in [1.165, 1.54) is 12.1 Å². The zero-order chi connectivity index (χ0) is 23.9. The molecule has 1 aliphatic rings. The molecule has 2 aromatic rings. The predicted molar refractivity (Wildman–Crippen MR) is 108 cm³/mol. The summed E-state index contributed by atoms with van der Waals surface area (Å²) in [5, 5.41) is 12.7. The summed E-state index contributed by atoms with van der Waals surface area (Å²) in [5.41, 5.74) is -4.36. The predicted octanol–water partition coefficient (Wildman–Crippen LogP) is 4.66. The number of amides is 1. The molecule has 3 rings (SSSR count). The summed E-state index contributed by atoms with van der Waals surface area (Å²) in [6.45, 7) is 5.43. The fraction of sp³-hybridized carbons (Fsp3) is 0.455. The maximum absolute atomic E-state index is 14.1. The number of alkyl halides is 3. The van der Waals surface area contributed by atoms with Crippen LogP contribution in [0.3, 0.4) is 0 Å². The minimum Gasteiger partial charge on any atom is -0.490 e. The van der Waals surface area contributed by atoms with Gasteiger partial charge in [0.15, 0.2) is 0 Å². The number of alkyl carbamates (subject to hydrolysis) is 1. The molecule has 0 fully saturated rings. The molecule has 1 unspecified atom stereocenters. The van der Waals surface area contributed by atoms with E-state index in [1.807, 2.05) is 5.32 Å². The van der Waals surface area contributed by atoms with Crippen molar-refractivity contribution in [1.82, 2.24) is 10.3 Å². The van der Waals surface area contributed by atoms with Gasteiger partial charge in [0.25, 0.3) is 0 Å². The number of fused-ring (bicyclic) bond motifs is 1. The molecule has 6 nitrogen and oxygen atoms in total. The van der Waals surface area contributed by atoms with E-state index in [2.05, 4.69) is 4.98 Å². The van der Waals surface area contributed by atoms with Crippen molar-refractivity contribution in [1.29, 1.82) is 0 Å². The zero-order valence-corrected chi connectivity index (χ0v) is 18.0. The Hall–Kier alpha value is -2.88. The van der Waals surface area contributed by atoms with Crippen molar-refractivity contribution in [3.05, 3.63) is 47.4 Å². The maximum atomic E-state index is 14.1. The molecule has 2 atom stereocenters. The molecule has 0 aliphatic carbocycles. The van der Waals surface area contributed by atoms with Crippen molar-refractivity contribution in [3.63, 3.8) is 0 Å². The van der Waals surface area contributed by atoms with Crippen molar-refractivity contribution in [2.45, 2.75) is 51.0 Å². The van der Waals surface area contributed by atoms with Gasteiger partial charge >= 0.3 is 12.3 Å². The lowest BCUT2D eigenvalue weighted by atomic mass is 9.92. The largest absolute Gasteiger partial charge is 0.490 e. The molecule has 0 saturated carbocycles. The third-order valence-electron chi connectivity index (χ3n) is 4.91. The summed E-state index contributed by atoms with van der Waals surface area (Å²) in [6, 6.07) is 6.15. The van der Waals surface area contributed by atoms with Crippen molar-refractivity contribution in [2.75, 3.05) is 13.2 Å². The van der Waals surface area contributed by atoms with Gasteiger partial charge in [-0.15, -0.1) is 0 Å². The first kappa shape index (κ1) is 23.8. The number of halogens is 4. The Labute approximate surface area is 182 Å². The van der Waals surface area contributed by atoms with Gasteiger partial charge in [0.2, 0.25) is 5.60 Å². The van der Waals surface area contributed by atoms with Crippen molar-refractivity contribution in [2.24, 2.45) is 0 Å². The molecule has 1 aromatic heterocycles. The number of benzene rings is 1. The SMILES string of the molecule is CC1COc2c1cc([C@@](O)(CNC(=O)OC(C)(C)C)C(F)(F)F)nc2-c1ccc(F)cc1. The number of ether oxygens (including phenoxy) is 2. The molecule has 10 heteroatoms. The molecule has 0 spiro atoms. The fourth-order valence-electron chi connectivity index (χ4n) is 3.23. The molecule has 1 aromatic carbocycles. The van der Waals surface area contributed by atoms with Crippen LogP contribution in [0.1, 0.15) is 44.9 Å². The van der Waals surface area contributed by atoms with E-state index in [0.717, 1.165) is 18.2 Å². The lowest BCUT2D eigenvalue weighted by Crippen LogP contribution is -2.52. The van der Waals surface area contributed by atoms with Crippen LogP contribution in [0.25, 0.3) is 11.3 Å². The van der Waals surface area contributed by atoms with E-state index in [0.29, 0.717) is 11.1 Å². The molecule has 174 valence electrons. The average molecular weight is 456 g/mol. The third-order valence-corrected chi connectivity index (χ3v) is 4.91.